The van der Waals surface area contributed by atoms with E-state index in [9.17, 15) is 9.59 Å². The van der Waals surface area contributed by atoms with E-state index in [-0.39, 0.29) is 24.1 Å². The van der Waals surface area contributed by atoms with Crippen LogP contribution in [0.1, 0.15) is 52.2 Å². The third-order valence-corrected chi connectivity index (χ3v) is 3.43. The van der Waals surface area contributed by atoms with Gasteiger partial charge >= 0.3 is 0 Å². The Bertz CT molecular complexity index is 700. The number of amides is 2. The molecule has 0 aromatic carbocycles. The first-order chi connectivity index (χ1) is 11.0. The lowest BCUT2D eigenvalue weighted by atomic mass is 10.3. The van der Waals surface area contributed by atoms with Gasteiger partial charge in [0.1, 0.15) is 11.5 Å². The summed E-state index contributed by atoms with van der Waals surface area (Å²) in [5.74, 6) is 0.235. The monoisotopic (exact) mass is 319 g/mol. The molecule has 0 aliphatic carbocycles. The number of nitrogens with one attached hydrogen (secondary N) is 2. The highest BCUT2D eigenvalue weighted by Gasteiger charge is 2.21. The summed E-state index contributed by atoms with van der Waals surface area (Å²) in [6, 6.07) is 1.64. The van der Waals surface area contributed by atoms with E-state index in [1.54, 1.807) is 17.9 Å². The molecule has 0 aliphatic rings. The van der Waals surface area contributed by atoms with E-state index in [0.717, 1.165) is 5.69 Å². The average molecular weight is 319 g/mol. The Kier molecular flexibility index (Phi) is 5.15. The number of aromatic nitrogens is 3. The molecule has 0 bridgehead atoms. The van der Waals surface area contributed by atoms with Crippen LogP contribution in [0, 0.1) is 13.8 Å². The quantitative estimate of drug-likeness (QED) is 0.838. The number of carbonyl (C=O) groups is 2. The molecule has 2 aromatic heterocycles. The van der Waals surface area contributed by atoms with Crippen LogP contribution in [0.2, 0.25) is 0 Å². The van der Waals surface area contributed by atoms with Crippen LogP contribution < -0.4 is 5.32 Å². The predicted octanol–water partition coefficient (Wildman–Crippen LogP) is 1.43. The highest BCUT2D eigenvalue weighted by molar-refractivity contribution is 5.93. The van der Waals surface area contributed by atoms with E-state index in [0.29, 0.717) is 30.4 Å². The molecule has 2 N–H and O–H groups in total. The van der Waals surface area contributed by atoms with Crippen LogP contribution in [0.15, 0.2) is 10.5 Å². The van der Waals surface area contributed by atoms with E-state index in [2.05, 4.69) is 20.5 Å². The van der Waals surface area contributed by atoms with Crippen LogP contribution in [0.4, 0.5) is 0 Å². The van der Waals surface area contributed by atoms with Gasteiger partial charge in [0.2, 0.25) is 5.89 Å². The lowest BCUT2D eigenvalue weighted by Gasteiger charge is -2.16. The standard InChI is InChI=1S/C15H21N5O3/c1-5-20(6-2)15(22)13-10(4)23-12(17-13)8-16-14(21)11-7-9(3)18-19-11/h7H,5-6,8H2,1-4H3,(H,16,21)(H,18,19). The molecule has 124 valence electrons. The van der Waals surface area contributed by atoms with Gasteiger partial charge in [-0.25, -0.2) is 4.98 Å². The van der Waals surface area contributed by atoms with Crippen LogP contribution in [0.3, 0.4) is 0 Å². The summed E-state index contributed by atoms with van der Waals surface area (Å²) >= 11 is 0. The molecule has 0 aliphatic heterocycles. The van der Waals surface area contributed by atoms with Crippen molar-refractivity contribution in [1.82, 2.24) is 25.4 Å². The molecular weight excluding hydrogens is 298 g/mol. The van der Waals surface area contributed by atoms with Crippen molar-refractivity contribution in [3.8, 4) is 0 Å². The minimum Gasteiger partial charge on any atom is -0.443 e. The fraction of sp³-hybridized carbons (Fsp3) is 0.467. The van der Waals surface area contributed by atoms with Gasteiger partial charge in [-0.3, -0.25) is 14.7 Å². The van der Waals surface area contributed by atoms with E-state index >= 15 is 0 Å². The first kappa shape index (κ1) is 16.7. The molecule has 2 rings (SSSR count). The number of carbonyl (C=O) groups excluding carboxylic acids is 2. The van der Waals surface area contributed by atoms with Crippen LogP contribution in [-0.2, 0) is 6.54 Å². The zero-order valence-electron chi connectivity index (χ0n) is 13.8. The first-order valence-electron chi connectivity index (χ1n) is 7.52. The van der Waals surface area contributed by atoms with Gasteiger partial charge in [0, 0.05) is 18.8 Å². The summed E-state index contributed by atoms with van der Waals surface area (Å²) in [5.41, 5.74) is 1.38. The second-order valence-corrected chi connectivity index (χ2v) is 5.11. The Morgan fingerprint density at radius 1 is 1.30 bits per heavy atom. The molecule has 0 atom stereocenters. The molecule has 8 heteroatoms. The van der Waals surface area contributed by atoms with Crippen molar-refractivity contribution in [3.05, 3.63) is 34.8 Å². The molecular formula is C15H21N5O3. The van der Waals surface area contributed by atoms with Crippen molar-refractivity contribution in [2.24, 2.45) is 0 Å². The van der Waals surface area contributed by atoms with Gasteiger partial charge < -0.3 is 14.6 Å². The number of rotatable bonds is 6. The lowest BCUT2D eigenvalue weighted by Crippen LogP contribution is -2.31. The van der Waals surface area contributed by atoms with Gasteiger partial charge in [0.15, 0.2) is 5.69 Å². The summed E-state index contributed by atoms with van der Waals surface area (Å²) in [4.78, 5) is 30.1. The zero-order chi connectivity index (χ0) is 17.0. The highest BCUT2D eigenvalue weighted by atomic mass is 16.4. The number of oxazole rings is 1. The Hall–Kier alpha value is -2.64. The van der Waals surface area contributed by atoms with E-state index in [1.807, 2.05) is 20.8 Å². The molecule has 2 amide bonds. The first-order valence-corrected chi connectivity index (χ1v) is 7.52. The SMILES string of the molecule is CCN(CC)C(=O)c1nc(CNC(=O)c2cc(C)[nH]n2)oc1C. The van der Waals surface area contributed by atoms with Crippen LogP contribution in [-0.4, -0.2) is 45.0 Å². The van der Waals surface area contributed by atoms with Crippen molar-refractivity contribution in [1.29, 1.82) is 0 Å². The maximum Gasteiger partial charge on any atom is 0.276 e. The van der Waals surface area contributed by atoms with Crippen LogP contribution in [0.5, 0.6) is 0 Å². The second-order valence-electron chi connectivity index (χ2n) is 5.11. The van der Waals surface area contributed by atoms with Crippen LogP contribution in [0.25, 0.3) is 0 Å². The smallest absolute Gasteiger partial charge is 0.276 e. The van der Waals surface area contributed by atoms with E-state index in [1.165, 1.54) is 0 Å². The van der Waals surface area contributed by atoms with E-state index < -0.39 is 0 Å². The zero-order valence-corrected chi connectivity index (χ0v) is 13.8. The summed E-state index contributed by atoms with van der Waals surface area (Å²) in [6.45, 7) is 8.61. The third kappa shape index (κ3) is 3.77. The number of nitrogens with zero attached hydrogens (tertiary/aromatic N) is 3. The molecule has 0 unspecified atom stereocenters. The Labute approximate surface area is 134 Å². The largest absolute Gasteiger partial charge is 0.443 e. The van der Waals surface area contributed by atoms with Crippen LogP contribution >= 0.6 is 0 Å². The molecule has 23 heavy (non-hydrogen) atoms. The topological polar surface area (TPSA) is 104 Å². The Morgan fingerprint density at radius 3 is 2.57 bits per heavy atom. The van der Waals surface area contributed by atoms with Crippen molar-refractivity contribution < 1.29 is 14.0 Å². The number of hydrogen-bond donors (Lipinski definition) is 2. The van der Waals surface area contributed by atoms with Gasteiger partial charge in [0.25, 0.3) is 11.8 Å². The summed E-state index contributed by atoms with van der Waals surface area (Å²) in [5, 5.41) is 9.24. The molecule has 0 fully saturated rings. The van der Waals surface area contributed by atoms with Crippen molar-refractivity contribution in [3.63, 3.8) is 0 Å². The lowest BCUT2D eigenvalue weighted by molar-refractivity contribution is 0.0766. The summed E-state index contributed by atoms with van der Waals surface area (Å²) < 4.78 is 5.46. The maximum atomic E-state index is 12.3. The van der Waals surface area contributed by atoms with Crippen molar-refractivity contribution in [2.75, 3.05) is 13.1 Å². The average Bonchev–Trinajstić information content (AvgIpc) is 3.12. The summed E-state index contributed by atoms with van der Waals surface area (Å²) in [7, 11) is 0. The highest BCUT2D eigenvalue weighted by Crippen LogP contribution is 2.12. The number of H-pyrrole nitrogens is 1. The Morgan fingerprint density at radius 2 is 2.00 bits per heavy atom. The fourth-order valence-corrected chi connectivity index (χ4v) is 2.17. The Balaban J connectivity index is 2.03. The minimum absolute atomic E-state index is 0.0944. The number of hydrogen-bond acceptors (Lipinski definition) is 5. The molecule has 8 nitrogen and oxygen atoms in total. The van der Waals surface area contributed by atoms with Gasteiger partial charge in [-0.05, 0) is 33.8 Å². The third-order valence-electron chi connectivity index (χ3n) is 3.43. The minimum atomic E-state index is -0.332. The normalized spacial score (nSPS) is 10.6. The van der Waals surface area contributed by atoms with Gasteiger partial charge in [-0.1, -0.05) is 0 Å². The second kappa shape index (κ2) is 7.08. The molecule has 2 heterocycles. The van der Waals surface area contributed by atoms with E-state index in [4.69, 9.17) is 4.42 Å². The van der Waals surface area contributed by atoms with Gasteiger partial charge in [-0.15, -0.1) is 0 Å². The summed E-state index contributed by atoms with van der Waals surface area (Å²) in [6.07, 6.45) is 0. The molecule has 0 saturated carbocycles. The molecule has 0 saturated heterocycles. The molecule has 0 radical (unpaired) electrons. The van der Waals surface area contributed by atoms with Gasteiger partial charge in [-0.2, -0.15) is 5.10 Å². The van der Waals surface area contributed by atoms with Crippen molar-refractivity contribution >= 4 is 11.8 Å². The maximum absolute atomic E-state index is 12.3. The van der Waals surface area contributed by atoms with Gasteiger partial charge in [0.05, 0.1) is 6.54 Å². The molecule has 2 aromatic rings. The number of aryl methyl sites for hydroxylation is 2. The predicted molar refractivity (Wildman–Crippen MR) is 83.0 cm³/mol. The number of aromatic amines is 1. The fourth-order valence-electron chi connectivity index (χ4n) is 2.17. The molecule has 0 spiro atoms. The van der Waals surface area contributed by atoms with Crippen molar-refractivity contribution in [2.45, 2.75) is 34.2 Å².